The Balaban J connectivity index is 2.20. The Morgan fingerprint density at radius 2 is 1.90 bits per heavy atom. The van der Waals surface area contributed by atoms with E-state index in [9.17, 15) is 4.79 Å². The van der Waals surface area contributed by atoms with Crippen LogP contribution in [0.15, 0.2) is 0 Å². The molecular weight excluding hydrogens is 124 g/mol. The van der Waals surface area contributed by atoms with Crippen molar-refractivity contribution in [3.8, 4) is 0 Å². The molecule has 0 aromatic rings. The molecule has 3 aliphatic rings. The fourth-order valence-corrected chi connectivity index (χ4v) is 2.90. The van der Waals surface area contributed by atoms with Crippen LogP contribution in [0.3, 0.4) is 0 Å². The zero-order valence-electron chi connectivity index (χ0n) is 6.74. The van der Waals surface area contributed by atoms with E-state index in [1.807, 2.05) is 0 Å². The summed E-state index contributed by atoms with van der Waals surface area (Å²) in [6.07, 6.45) is 4.80. The average Bonchev–Trinajstić information content (AvgIpc) is 2.19. The molecule has 0 N–H and O–H groups in total. The molecule has 0 aromatic carbocycles. The van der Waals surface area contributed by atoms with Crippen LogP contribution in [0.1, 0.15) is 39.5 Å². The van der Waals surface area contributed by atoms with E-state index in [-0.39, 0.29) is 5.41 Å². The van der Waals surface area contributed by atoms with Gasteiger partial charge in [0.05, 0.1) is 0 Å². The number of ketones is 1. The molecule has 0 radical (unpaired) electrons. The number of carbonyl (C=O) groups is 1. The molecule has 0 aromatic heterocycles. The van der Waals surface area contributed by atoms with E-state index < -0.39 is 0 Å². The summed E-state index contributed by atoms with van der Waals surface area (Å²) in [5.74, 6) is 0.433. The topological polar surface area (TPSA) is 17.1 Å². The Bertz CT molecular complexity index is 187. The monoisotopic (exact) mass is 138 g/mol. The van der Waals surface area contributed by atoms with E-state index in [1.165, 1.54) is 25.7 Å². The zero-order valence-corrected chi connectivity index (χ0v) is 6.74. The van der Waals surface area contributed by atoms with Crippen molar-refractivity contribution in [2.24, 2.45) is 10.8 Å². The molecule has 2 bridgehead atoms. The smallest absolute Gasteiger partial charge is 0.136 e. The lowest BCUT2D eigenvalue weighted by atomic mass is 9.60. The van der Waals surface area contributed by atoms with Gasteiger partial charge in [-0.15, -0.1) is 0 Å². The van der Waals surface area contributed by atoms with Crippen molar-refractivity contribution in [1.82, 2.24) is 0 Å². The van der Waals surface area contributed by atoms with E-state index in [0.29, 0.717) is 11.2 Å². The molecule has 0 heterocycles. The second-order valence-corrected chi connectivity index (χ2v) is 4.50. The first-order valence-corrected chi connectivity index (χ1v) is 4.08. The second-order valence-electron chi connectivity index (χ2n) is 4.50. The maximum Gasteiger partial charge on any atom is 0.136 e. The van der Waals surface area contributed by atoms with Gasteiger partial charge in [0.2, 0.25) is 0 Å². The minimum absolute atomic E-state index is 0.161. The van der Waals surface area contributed by atoms with E-state index in [4.69, 9.17) is 0 Å². The molecule has 10 heavy (non-hydrogen) atoms. The summed E-state index contributed by atoms with van der Waals surface area (Å²) in [6, 6.07) is 0. The molecular formula is C9H14O. The van der Waals surface area contributed by atoms with Gasteiger partial charge < -0.3 is 0 Å². The van der Waals surface area contributed by atoms with Gasteiger partial charge in [0.1, 0.15) is 5.78 Å². The van der Waals surface area contributed by atoms with Crippen LogP contribution in [-0.2, 0) is 4.79 Å². The third kappa shape index (κ3) is 0.561. The zero-order chi connectivity index (χ0) is 7.41. The molecule has 0 amide bonds. The van der Waals surface area contributed by atoms with E-state index in [1.54, 1.807) is 6.92 Å². The number of hydrogen-bond donors (Lipinski definition) is 0. The van der Waals surface area contributed by atoms with Crippen molar-refractivity contribution in [3.63, 3.8) is 0 Å². The van der Waals surface area contributed by atoms with Gasteiger partial charge in [-0.3, -0.25) is 4.79 Å². The van der Waals surface area contributed by atoms with Gasteiger partial charge in [0.25, 0.3) is 0 Å². The van der Waals surface area contributed by atoms with Crippen molar-refractivity contribution >= 4 is 5.78 Å². The van der Waals surface area contributed by atoms with Crippen LogP contribution in [-0.4, -0.2) is 5.78 Å². The molecule has 1 heteroatoms. The van der Waals surface area contributed by atoms with Crippen LogP contribution in [0.5, 0.6) is 0 Å². The van der Waals surface area contributed by atoms with Gasteiger partial charge in [-0.25, -0.2) is 0 Å². The van der Waals surface area contributed by atoms with Crippen molar-refractivity contribution in [3.05, 3.63) is 0 Å². The molecule has 3 rings (SSSR count). The van der Waals surface area contributed by atoms with Crippen molar-refractivity contribution in [1.29, 1.82) is 0 Å². The Morgan fingerprint density at radius 1 is 1.30 bits per heavy atom. The lowest BCUT2D eigenvalue weighted by Crippen LogP contribution is -2.40. The Hall–Kier alpha value is -0.330. The quantitative estimate of drug-likeness (QED) is 0.542. The highest BCUT2D eigenvalue weighted by Gasteiger charge is 2.60. The maximum absolute atomic E-state index is 11.1. The summed E-state index contributed by atoms with van der Waals surface area (Å²) in [7, 11) is 0. The van der Waals surface area contributed by atoms with Crippen LogP contribution in [0, 0.1) is 10.8 Å². The van der Waals surface area contributed by atoms with Crippen LogP contribution in [0.2, 0.25) is 0 Å². The van der Waals surface area contributed by atoms with Gasteiger partial charge in [-0.05, 0) is 38.0 Å². The minimum atomic E-state index is 0.161. The first-order valence-electron chi connectivity index (χ1n) is 4.08. The number of Topliss-reactive ketones (excluding diaryl/α,β-unsaturated/α-hetero) is 1. The lowest BCUT2D eigenvalue weighted by Gasteiger charge is -2.43. The van der Waals surface area contributed by atoms with Crippen LogP contribution in [0.4, 0.5) is 0 Å². The fraction of sp³-hybridized carbons (Fsp3) is 0.889. The highest BCUT2D eigenvalue weighted by Crippen LogP contribution is 2.66. The first-order chi connectivity index (χ1) is 4.56. The van der Waals surface area contributed by atoms with Gasteiger partial charge in [-0.2, -0.15) is 0 Å². The van der Waals surface area contributed by atoms with Crippen molar-refractivity contribution in [2.45, 2.75) is 39.5 Å². The average molecular weight is 138 g/mol. The number of fused-ring (bicyclic) bond motifs is 1. The molecule has 0 spiro atoms. The Labute approximate surface area is 61.8 Å². The third-order valence-electron chi connectivity index (χ3n) is 3.48. The number of hydrogen-bond acceptors (Lipinski definition) is 1. The third-order valence-corrected chi connectivity index (χ3v) is 3.48. The molecule has 0 unspecified atom stereocenters. The van der Waals surface area contributed by atoms with Crippen LogP contribution < -0.4 is 0 Å². The molecule has 0 aliphatic heterocycles. The summed E-state index contributed by atoms with van der Waals surface area (Å²) in [5.41, 5.74) is 0.723. The fourth-order valence-electron chi connectivity index (χ4n) is 2.90. The molecule has 1 nitrogen and oxygen atoms in total. The van der Waals surface area contributed by atoms with Crippen LogP contribution in [0.25, 0.3) is 0 Å². The van der Waals surface area contributed by atoms with E-state index >= 15 is 0 Å². The molecule has 56 valence electrons. The summed E-state index contributed by atoms with van der Waals surface area (Å²) in [6.45, 7) is 4.06. The van der Waals surface area contributed by atoms with Crippen molar-refractivity contribution in [2.75, 3.05) is 0 Å². The van der Waals surface area contributed by atoms with E-state index in [2.05, 4.69) is 6.92 Å². The molecule has 3 fully saturated rings. The minimum Gasteiger partial charge on any atom is -0.299 e. The normalized spacial score (nSPS) is 50.6. The highest BCUT2D eigenvalue weighted by atomic mass is 16.1. The number of rotatable bonds is 1. The molecule has 0 atom stereocenters. The molecule has 3 aliphatic carbocycles. The van der Waals surface area contributed by atoms with Gasteiger partial charge in [-0.1, -0.05) is 6.92 Å². The summed E-state index contributed by atoms with van der Waals surface area (Å²) >= 11 is 0. The van der Waals surface area contributed by atoms with Gasteiger partial charge in [0.15, 0.2) is 0 Å². The summed E-state index contributed by atoms with van der Waals surface area (Å²) in [5, 5.41) is 0. The summed E-state index contributed by atoms with van der Waals surface area (Å²) in [4.78, 5) is 11.1. The Morgan fingerprint density at radius 3 is 2.10 bits per heavy atom. The van der Waals surface area contributed by atoms with Crippen LogP contribution >= 0.6 is 0 Å². The predicted octanol–water partition coefficient (Wildman–Crippen LogP) is 2.16. The van der Waals surface area contributed by atoms with Crippen molar-refractivity contribution < 1.29 is 4.79 Å². The molecule has 0 saturated heterocycles. The summed E-state index contributed by atoms with van der Waals surface area (Å²) < 4.78 is 0. The van der Waals surface area contributed by atoms with Gasteiger partial charge in [0, 0.05) is 5.41 Å². The highest BCUT2D eigenvalue weighted by molar-refractivity contribution is 5.84. The SMILES string of the molecule is CC(=O)C12CCC(C)(C1)C2. The van der Waals surface area contributed by atoms with Gasteiger partial charge >= 0.3 is 0 Å². The van der Waals surface area contributed by atoms with E-state index in [0.717, 1.165) is 0 Å². The largest absolute Gasteiger partial charge is 0.299 e. The predicted molar refractivity (Wildman–Crippen MR) is 39.7 cm³/mol. The number of carbonyl (C=O) groups excluding carboxylic acids is 1. The second kappa shape index (κ2) is 1.46. The Kier molecular flexibility index (Phi) is 0.934. The first kappa shape index (κ1) is 6.38. The molecule has 3 saturated carbocycles. The standard InChI is InChI=1S/C9H14O/c1-7(10)9-4-3-8(2,5-9)6-9/h3-6H2,1-2H3. The maximum atomic E-state index is 11.1. The lowest BCUT2D eigenvalue weighted by molar-refractivity contribution is -0.132.